The van der Waals surface area contributed by atoms with Gasteiger partial charge in [-0.1, -0.05) is 30.0 Å². The van der Waals surface area contributed by atoms with Crippen molar-refractivity contribution >= 4 is 5.91 Å². The summed E-state index contributed by atoms with van der Waals surface area (Å²) in [7, 11) is 0. The third kappa shape index (κ3) is 6.10. The van der Waals surface area contributed by atoms with Gasteiger partial charge in [0.05, 0.1) is 0 Å². The van der Waals surface area contributed by atoms with E-state index in [1.54, 1.807) is 26.0 Å². The Labute approximate surface area is 173 Å². The molecule has 1 fully saturated rings. The smallest absolute Gasteiger partial charge is 0.254 e. The van der Waals surface area contributed by atoms with Crippen LogP contribution >= 0.6 is 0 Å². The van der Waals surface area contributed by atoms with E-state index >= 15 is 0 Å². The molecule has 0 radical (unpaired) electrons. The largest absolute Gasteiger partial charge is 0.508 e. The van der Waals surface area contributed by atoms with Gasteiger partial charge in [0.1, 0.15) is 11.4 Å². The van der Waals surface area contributed by atoms with Crippen LogP contribution in [0.4, 0.5) is 0 Å². The Hall–Kier alpha value is -2.77. The summed E-state index contributed by atoms with van der Waals surface area (Å²) in [5, 5.41) is 19.5. The zero-order chi connectivity index (χ0) is 20.9. The number of carbonyl (C=O) groups is 1. The van der Waals surface area contributed by atoms with Crippen LogP contribution in [0.2, 0.25) is 0 Å². The second-order valence-electron chi connectivity index (χ2n) is 8.25. The van der Waals surface area contributed by atoms with E-state index in [0.29, 0.717) is 5.56 Å². The molecule has 29 heavy (non-hydrogen) atoms. The van der Waals surface area contributed by atoms with Crippen LogP contribution in [-0.4, -0.2) is 39.2 Å². The van der Waals surface area contributed by atoms with Crippen LogP contribution in [-0.2, 0) is 6.42 Å². The number of aryl methyl sites for hydroxylation is 1. The molecule has 1 saturated heterocycles. The average molecular weight is 392 g/mol. The minimum Gasteiger partial charge on any atom is -0.508 e. The standard InChI is InChI=1S/C25H29NO3/c1-25(2,29)15-14-20-7-5-9-21(17-20)24(28)26-16-4-3-10-22(26)13-12-19-8-6-11-23(27)18-19/h5-9,11,17-18,22,27,29H,3-4,10,12-13,16H2,1-2H3. The summed E-state index contributed by atoms with van der Waals surface area (Å²) in [5.41, 5.74) is 1.39. The monoisotopic (exact) mass is 391 g/mol. The van der Waals surface area contributed by atoms with E-state index < -0.39 is 5.60 Å². The fraction of sp³-hybridized carbons (Fsp3) is 0.400. The van der Waals surface area contributed by atoms with Crippen molar-refractivity contribution in [3.05, 3.63) is 65.2 Å². The topological polar surface area (TPSA) is 60.8 Å². The first-order chi connectivity index (χ1) is 13.8. The van der Waals surface area contributed by atoms with E-state index in [4.69, 9.17) is 0 Å². The SMILES string of the molecule is CC(C)(O)C#Cc1cccc(C(=O)N2CCCCC2CCc2cccc(O)c2)c1. The Kier molecular flexibility index (Phi) is 6.61. The molecular weight excluding hydrogens is 362 g/mol. The van der Waals surface area contributed by atoms with Crippen LogP contribution in [0, 0.1) is 11.8 Å². The first-order valence-electron chi connectivity index (χ1n) is 10.3. The first-order valence-corrected chi connectivity index (χ1v) is 10.3. The van der Waals surface area contributed by atoms with Crippen LogP contribution < -0.4 is 0 Å². The van der Waals surface area contributed by atoms with Crippen LogP contribution in [0.15, 0.2) is 48.5 Å². The summed E-state index contributed by atoms with van der Waals surface area (Å²) in [5.74, 6) is 6.07. The third-order valence-corrected chi connectivity index (χ3v) is 5.19. The van der Waals surface area contributed by atoms with Crippen molar-refractivity contribution in [2.45, 2.75) is 57.6 Å². The Bertz CT molecular complexity index is 917. The lowest BCUT2D eigenvalue weighted by Crippen LogP contribution is -2.44. The lowest BCUT2D eigenvalue weighted by molar-refractivity contribution is 0.0602. The summed E-state index contributed by atoms with van der Waals surface area (Å²) in [4.78, 5) is 15.2. The van der Waals surface area contributed by atoms with Gasteiger partial charge in [-0.3, -0.25) is 4.79 Å². The Morgan fingerprint density at radius 1 is 1.17 bits per heavy atom. The molecule has 0 bridgehead atoms. The highest BCUT2D eigenvalue weighted by atomic mass is 16.3. The van der Waals surface area contributed by atoms with Crippen LogP contribution in [0.5, 0.6) is 5.75 Å². The van der Waals surface area contributed by atoms with Crippen LogP contribution in [0.25, 0.3) is 0 Å². The molecule has 1 aliphatic rings. The lowest BCUT2D eigenvalue weighted by Gasteiger charge is -2.36. The van der Waals surface area contributed by atoms with Gasteiger partial charge >= 0.3 is 0 Å². The molecule has 0 aromatic heterocycles. The maximum Gasteiger partial charge on any atom is 0.254 e. The number of aromatic hydroxyl groups is 1. The number of benzene rings is 2. The number of phenols is 1. The minimum absolute atomic E-state index is 0.0394. The number of amides is 1. The quantitative estimate of drug-likeness (QED) is 0.770. The molecule has 1 aliphatic heterocycles. The van der Waals surface area contributed by atoms with Crippen molar-refractivity contribution < 1.29 is 15.0 Å². The number of nitrogens with zero attached hydrogens (tertiary/aromatic N) is 1. The molecule has 2 aromatic carbocycles. The van der Waals surface area contributed by atoms with Gasteiger partial charge in [-0.25, -0.2) is 0 Å². The molecule has 2 aromatic rings. The second kappa shape index (κ2) is 9.15. The number of phenolic OH excluding ortho intramolecular Hbond substituents is 1. The van der Waals surface area contributed by atoms with E-state index in [2.05, 4.69) is 11.8 Å². The number of rotatable bonds is 4. The predicted molar refractivity (Wildman–Crippen MR) is 115 cm³/mol. The summed E-state index contributed by atoms with van der Waals surface area (Å²) < 4.78 is 0. The van der Waals surface area contributed by atoms with Gasteiger partial charge in [-0.05, 0) is 81.8 Å². The van der Waals surface area contributed by atoms with E-state index in [0.717, 1.165) is 49.8 Å². The molecule has 4 nitrogen and oxygen atoms in total. The van der Waals surface area contributed by atoms with Crippen LogP contribution in [0.3, 0.4) is 0 Å². The van der Waals surface area contributed by atoms with Crippen molar-refractivity contribution in [1.29, 1.82) is 0 Å². The van der Waals surface area contributed by atoms with Crippen molar-refractivity contribution in [2.24, 2.45) is 0 Å². The highest BCUT2D eigenvalue weighted by Gasteiger charge is 2.27. The number of aliphatic hydroxyl groups is 1. The van der Waals surface area contributed by atoms with Crippen molar-refractivity contribution in [2.75, 3.05) is 6.54 Å². The molecule has 3 rings (SSSR count). The van der Waals surface area contributed by atoms with Gasteiger partial charge in [0, 0.05) is 23.7 Å². The zero-order valence-corrected chi connectivity index (χ0v) is 17.2. The van der Waals surface area contributed by atoms with E-state index in [1.807, 2.05) is 41.3 Å². The van der Waals surface area contributed by atoms with Crippen molar-refractivity contribution in [3.63, 3.8) is 0 Å². The number of carbonyl (C=O) groups excluding carboxylic acids is 1. The van der Waals surface area contributed by atoms with Crippen molar-refractivity contribution in [1.82, 2.24) is 4.90 Å². The van der Waals surface area contributed by atoms with Gasteiger partial charge in [0.15, 0.2) is 0 Å². The third-order valence-electron chi connectivity index (χ3n) is 5.19. The Morgan fingerprint density at radius 2 is 1.97 bits per heavy atom. The normalized spacial score (nSPS) is 16.8. The average Bonchev–Trinajstić information content (AvgIpc) is 2.70. The number of likely N-dealkylation sites (tertiary alicyclic amines) is 1. The van der Waals surface area contributed by atoms with Gasteiger partial charge in [-0.15, -0.1) is 0 Å². The number of piperidine rings is 1. The summed E-state index contributed by atoms with van der Waals surface area (Å²) in [6.07, 6.45) is 4.87. The molecule has 0 spiro atoms. The highest BCUT2D eigenvalue weighted by molar-refractivity contribution is 5.94. The molecular formula is C25H29NO3. The molecule has 1 amide bonds. The fourth-order valence-electron chi connectivity index (χ4n) is 3.73. The Morgan fingerprint density at radius 3 is 2.72 bits per heavy atom. The van der Waals surface area contributed by atoms with Gasteiger partial charge in [-0.2, -0.15) is 0 Å². The van der Waals surface area contributed by atoms with Gasteiger partial charge < -0.3 is 15.1 Å². The molecule has 2 N–H and O–H groups in total. The zero-order valence-electron chi connectivity index (χ0n) is 17.2. The number of hydrogen-bond donors (Lipinski definition) is 2. The van der Waals surface area contributed by atoms with Gasteiger partial charge in [0.25, 0.3) is 5.91 Å². The first kappa shape index (κ1) is 21.0. The van der Waals surface area contributed by atoms with E-state index in [-0.39, 0.29) is 17.7 Å². The minimum atomic E-state index is -1.07. The highest BCUT2D eigenvalue weighted by Crippen LogP contribution is 2.24. The van der Waals surface area contributed by atoms with Crippen molar-refractivity contribution in [3.8, 4) is 17.6 Å². The maximum absolute atomic E-state index is 13.2. The van der Waals surface area contributed by atoms with E-state index in [1.165, 1.54) is 0 Å². The molecule has 0 aliphatic carbocycles. The molecule has 4 heteroatoms. The molecule has 1 heterocycles. The predicted octanol–water partition coefficient (Wildman–Crippen LogP) is 4.14. The second-order valence-corrected chi connectivity index (χ2v) is 8.25. The molecule has 1 atom stereocenters. The molecule has 0 saturated carbocycles. The number of hydrogen-bond acceptors (Lipinski definition) is 3. The Balaban J connectivity index is 1.73. The summed E-state index contributed by atoms with van der Waals surface area (Å²) in [6.45, 7) is 4.04. The maximum atomic E-state index is 13.2. The molecule has 1 unspecified atom stereocenters. The molecule has 152 valence electrons. The van der Waals surface area contributed by atoms with E-state index in [9.17, 15) is 15.0 Å². The summed E-state index contributed by atoms with van der Waals surface area (Å²) in [6, 6.07) is 14.9. The lowest BCUT2D eigenvalue weighted by atomic mass is 9.94. The summed E-state index contributed by atoms with van der Waals surface area (Å²) >= 11 is 0. The fourth-order valence-corrected chi connectivity index (χ4v) is 3.73. The van der Waals surface area contributed by atoms with Crippen LogP contribution in [0.1, 0.15) is 61.0 Å². The van der Waals surface area contributed by atoms with Gasteiger partial charge in [0.2, 0.25) is 0 Å².